The minimum Gasteiger partial charge on any atom is -0.506 e. The van der Waals surface area contributed by atoms with E-state index in [1.54, 1.807) is 49.6 Å². The number of methoxy groups -OCH3 is 1. The van der Waals surface area contributed by atoms with E-state index in [2.05, 4.69) is 25.8 Å². The highest BCUT2D eigenvalue weighted by molar-refractivity contribution is 7.14. The molecule has 11 nitrogen and oxygen atoms in total. The number of carbonyl (C=O) groups is 2. The van der Waals surface area contributed by atoms with Gasteiger partial charge in [0.1, 0.15) is 23.4 Å². The second-order valence-corrected chi connectivity index (χ2v) is 13.8. The number of aromatic hydroxyl groups is 1. The van der Waals surface area contributed by atoms with E-state index in [4.69, 9.17) is 21.1 Å². The van der Waals surface area contributed by atoms with Gasteiger partial charge in [-0.15, -0.1) is 11.3 Å². The summed E-state index contributed by atoms with van der Waals surface area (Å²) < 4.78 is 25.0. The summed E-state index contributed by atoms with van der Waals surface area (Å²) in [6, 6.07) is 18.0. The average Bonchev–Trinajstić information content (AvgIpc) is 3.59. The summed E-state index contributed by atoms with van der Waals surface area (Å²) in [4.78, 5) is 42.9. The van der Waals surface area contributed by atoms with Crippen molar-refractivity contribution in [2.75, 3.05) is 43.9 Å². The van der Waals surface area contributed by atoms with Crippen molar-refractivity contribution in [3.63, 3.8) is 0 Å². The van der Waals surface area contributed by atoms with Crippen molar-refractivity contribution in [1.29, 1.82) is 0 Å². The van der Waals surface area contributed by atoms with Gasteiger partial charge in [-0.2, -0.15) is 0 Å². The zero-order valence-electron chi connectivity index (χ0n) is 28.5. The number of fused-ring (bicyclic) bond motifs is 1. The number of piperidine rings is 1. The smallest absolute Gasteiger partial charge is 0.411 e. The van der Waals surface area contributed by atoms with Crippen molar-refractivity contribution >= 4 is 57.2 Å². The van der Waals surface area contributed by atoms with E-state index in [1.165, 1.54) is 29.5 Å². The number of pyridine rings is 1. The average molecular weight is 748 g/mol. The van der Waals surface area contributed by atoms with Gasteiger partial charge < -0.3 is 35.1 Å². The zero-order valence-corrected chi connectivity index (χ0v) is 30.0. The summed E-state index contributed by atoms with van der Waals surface area (Å²) in [5.41, 5.74) is 3.67. The van der Waals surface area contributed by atoms with Crippen LogP contribution in [0.3, 0.4) is 0 Å². The number of carbonyl (C=O) groups excluding carboxylic acids is 2. The van der Waals surface area contributed by atoms with Crippen molar-refractivity contribution in [1.82, 2.24) is 15.2 Å². The van der Waals surface area contributed by atoms with E-state index in [-0.39, 0.29) is 35.6 Å². The molecule has 6 rings (SSSR count). The van der Waals surface area contributed by atoms with Crippen molar-refractivity contribution in [2.24, 2.45) is 0 Å². The molecule has 0 bridgehead atoms. The molecule has 52 heavy (non-hydrogen) atoms. The molecule has 0 spiro atoms. The lowest BCUT2D eigenvalue weighted by Crippen LogP contribution is -2.39. The van der Waals surface area contributed by atoms with Gasteiger partial charge in [0.2, 0.25) is 11.5 Å². The molecule has 0 atom stereocenters. The van der Waals surface area contributed by atoms with Gasteiger partial charge in [0.25, 0.3) is 0 Å². The van der Waals surface area contributed by atoms with Crippen LogP contribution in [0.25, 0.3) is 21.3 Å². The Morgan fingerprint density at radius 1 is 1.04 bits per heavy atom. The third-order valence-corrected chi connectivity index (χ3v) is 10.2. The molecule has 3 heterocycles. The van der Waals surface area contributed by atoms with Crippen LogP contribution >= 0.6 is 22.9 Å². The molecule has 1 fully saturated rings. The molecule has 14 heteroatoms. The van der Waals surface area contributed by atoms with Crippen LogP contribution in [-0.2, 0) is 22.5 Å². The highest BCUT2D eigenvalue weighted by Gasteiger charge is 2.24. The number of phenols is 1. The molecule has 3 aromatic carbocycles. The highest BCUT2D eigenvalue weighted by atomic mass is 35.5. The Morgan fingerprint density at radius 3 is 2.65 bits per heavy atom. The maximum Gasteiger partial charge on any atom is 0.411 e. The van der Waals surface area contributed by atoms with Crippen LogP contribution in [0.4, 0.5) is 20.6 Å². The number of ether oxygens (including phenoxy) is 2. The molecule has 0 unspecified atom stereocenters. The monoisotopic (exact) mass is 747 g/mol. The molecule has 5 N–H and O–H groups in total. The van der Waals surface area contributed by atoms with Crippen molar-refractivity contribution in [3.05, 3.63) is 104 Å². The highest BCUT2D eigenvalue weighted by Crippen LogP contribution is 2.35. The molecule has 5 aromatic rings. The molecule has 1 aliphatic rings. The summed E-state index contributed by atoms with van der Waals surface area (Å²) in [5, 5.41) is 22.2. The number of likely N-dealkylation sites (tertiary alicyclic amines) is 1. The molecule has 0 aliphatic carbocycles. The summed E-state index contributed by atoms with van der Waals surface area (Å²) >= 11 is 7.99. The summed E-state index contributed by atoms with van der Waals surface area (Å²) in [7, 11) is 1.56. The summed E-state index contributed by atoms with van der Waals surface area (Å²) in [6.07, 6.45) is 1.39. The number of nitrogens with zero attached hydrogens (tertiary/aromatic N) is 1. The maximum absolute atomic E-state index is 13.7. The first kappa shape index (κ1) is 36.8. The van der Waals surface area contributed by atoms with E-state index in [0.29, 0.717) is 85.2 Å². The number of halogens is 2. The number of aromatic amines is 1. The molecule has 1 saturated heterocycles. The van der Waals surface area contributed by atoms with Gasteiger partial charge in [-0.1, -0.05) is 29.8 Å². The van der Waals surface area contributed by atoms with Crippen molar-refractivity contribution in [3.8, 4) is 21.9 Å². The van der Waals surface area contributed by atoms with E-state index in [9.17, 15) is 23.9 Å². The number of phenolic OH excluding ortho intramolecular Hbond substituents is 1. The Balaban J connectivity index is 0.926. The van der Waals surface area contributed by atoms with Gasteiger partial charge in [-0.25, -0.2) is 9.18 Å². The minimum absolute atomic E-state index is 0.0273. The predicted molar refractivity (Wildman–Crippen MR) is 202 cm³/mol. The third-order valence-electron chi connectivity index (χ3n) is 8.95. The number of H-pyrrole nitrogens is 1. The van der Waals surface area contributed by atoms with Crippen LogP contribution in [-0.4, -0.2) is 66.4 Å². The standard InChI is InChI=1S/C38H39ClFN5O6S/c1-50-33-21-31(29(39)20-25(33)22-41-14-9-23-5-7-32(46)36-28(23)6-8-34(47)44-36)42-35(48)12-17-45-15-10-27(11-16-45)51-38(49)43-30-13-18-52-37(30)24-3-2-4-26(40)19-24/h2-8,13,18-21,27,41,46H,9-12,14-17,22H2,1H3,(H,42,48)(H,43,49)(H,44,47). The third kappa shape index (κ3) is 9.28. The van der Waals surface area contributed by atoms with E-state index in [0.717, 1.165) is 21.4 Å². The molecular weight excluding hydrogens is 709 g/mol. The molecule has 1 aliphatic heterocycles. The first-order valence-corrected chi connectivity index (χ1v) is 18.2. The number of rotatable bonds is 13. The van der Waals surface area contributed by atoms with Gasteiger partial charge in [0, 0.05) is 55.7 Å². The zero-order chi connectivity index (χ0) is 36.6. The Kier molecular flexibility index (Phi) is 12.1. The van der Waals surface area contributed by atoms with Gasteiger partial charge in [-0.05, 0) is 78.7 Å². The molecule has 0 saturated carbocycles. The Labute approximate surface area is 308 Å². The number of thiophene rings is 1. The molecule has 0 radical (unpaired) electrons. The van der Waals surface area contributed by atoms with Gasteiger partial charge >= 0.3 is 6.09 Å². The normalized spacial score (nSPS) is 13.6. The van der Waals surface area contributed by atoms with Crippen molar-refractivity contribution in [2.45, 2.75) is 38.3 Å². The second kappa shape index (κ2) is 17.0. The fourth-order valence-corrected chi connectivity index (χ4v) is 7.34. The minimum atomic E-state index is -0.551. The van der Waals surface area contributed by atoms with Crippen LogP contribution in [0.5, 0.6) is 11.5 Å². The van der Waals surface area contributed by atoms with Crippen LogP contribution in [0.2, 0.25) is 5.02 Å². The van der Waals surface area contributed by atoms with Crippen molar-refractivity contribution < 1.29 is 28.6 Å². The predicted octanol–water partition coefficient (Wildman–Crippen LogP) is 7.14. The van der Waals surface area contributed by atoms with Crippen LogP contribution in [0.15, 0.2) is 76.9 Å². The first-order valence-electron chi connectivity index (χ1n) is 16.9. The number of anilines is 2. The molecular formula is C38H39ClFN5O6S. The molecule has 2 aromatic heterocycles. The Bertz CT molecular complexity index is 2120. The number of nitrogens with one attached hydrogen (secondary N) is 4. The fourth-order valence-electron chi connectivity index (χ4n) is 6.25. The lowest BCUT2D eigenvalue weighted by Gasteiger charge is -2.31. The lowest BCUT2D eigenvalue weighted by atomic mass is 10.0. The summed E-state index contributed by atoms with van der Waals surface area (Å²) in [6.45, 7) is 2.98. The maximum atomic E-state index is 13.7. The van der Waals surface area contributed by atoms with Crippen LogP contribution in [0, 0.1) is 5.82 Å². The number of benzene rings is 3. The number of hydrogen-bond donors (Lipinski definition) is 5. The van der Waals surface area contributed by atoms with E-state index < -0.39 is 6.09 Å². The van der Waals surface area contributed by atoms with Gasteiger partial charge in [-0.3, -0.25) is 14.9 Å². The number of amides is 2. The molecule has 2 amide bonds. The first-order chi connectivity index (χ1) is 25.2. The van der Waals surface area contributed by atoms with E-state index >= 15 is 0 Å². The van der Waals surface area contributed by atoms with Gasteiger partial charge in [0.15, 0.2) is 0 Å². The Morgan fingerprint density at radius 2 is 1.87 bits per heavy atom. The SMILES string of the molecule is COc1cc(NC(=O)CCN2CCC(OC(=O)Nc3ccsc3-c3cccc(F)c3)CC2)c(Cl)cc1CNCCc1ccc(O)c2[nH]c(=O)ccc12. The van der Waals surface area contributed by atoms with Gasteiger partial charge in [0.05, 0.1) is 33.9 Å². The Hall–Kier alpha value is -4.95. The lowest BCUT2D eigenvalue weighted by molar-refractivity contribution is -0.116. The van der Waals surface area contributed by atoms with Crippen LogP contribution < -0.4 is 26.2 Å². The quantitative estimate of drug-likeness (QED) is 0.0800. The fraction of sp³-hybridized carbons (Fsp3) is 0.289. The number of hydrogen-bond acceptors (Lipinski definition) is 9. The number of aromatic nitrogens is 1. The second-order valence-electron chi connectivity index (χ2n) is 12.5. The van der Waals surface area contributed by atoms with Crippen LogP contribution in [0.1, 0.15) is 30.4 Å². The molecule has 272 valence electrons. The topological polar surface area (TPSA) is 145 Å². The summed E-state index contributed by atoms with van der Waals surface area (Å²) in [5.74, 6) is 0.0808. The largest absolute Gasteiger partial charge is 0.506 e. The van der Waals surface area contributed by atoms with E-state index in [1.807, 2.05) is 11.4 Å².